The Morgan fingerprint density at radius 2 is 2.00 bits per heavy atom. The summed E-state index contributed by atoms with van der Waals surface area (Å²) in [5.74, 6) is -1.29. The SMILES string of the molecule is O=C(O)c1ccc(S(=O)(=O)NCCC(F)(F)F)nc1. The Labute approximate surface area is 106 Å². The highest BCUT2D eigenvalue weighted by atomic mass is 32.2. The molecule has 0 aromatic carbocycles. The Balaban J connectivity index is 2.75. The molecule has 10 heteroatoms. The van der Waals surface area contributed by atoms with E-state index in [1.807, 2.05) is 0 Å². The van der Waals surface area contributed by atoms with Gasteiger partial charge in [-0.15, -0.1) is 0 Å². The molecule has 2 N–H and O–H groups in total. The van der Waals surface area contributed by atoms with Crippen molar-refractivity contribution in [3.8, 4) is 0 Å². The van der Waals surface area contributed by atoms with Gasteiger partial charge in [0, 0.05) is 12.7 Å². The van der Waals surface area contributed by atoms with Gasteiger partial charge in [-0.1, -0.05) is 0 Å². The normalized spacial score (nSPS) is 12.4. The van der Waals surface area contributed by atoms with Crippen LogP contribution in [0.3, 0.4) is 0 Å². The van der Waals surface area contributed by atoms with E-state index in [0.29, 0.717) is 0 Å². The molecule has 106 valence electrons. The van der Waals surface area contributed by atoms with Crippen LogP contribution < -0.4 is 4.72 Å². The Morgan fingerprint density at radius 3 is 2.42 bits per heavy atom. The first-order valence-corrected chi connectivity index (χ1v) is 6.36. The van der Waals surface area contributed by atoms with Crippen molar-refractivity contribution in [2.24, 2.45) is 0 Å². The Bertz CT molecular complexity index is 554. The van der Waals surface area contributed by atoms with Crippen molar-refractivity contribution in [1.29, 1.82) is 0 Å². The summed E-state index contributed by atoms with van der Waals surface area (Å²) in [6, 6.07) is 1.90. The van der Waals surface area contributed by atoms with Crippen LogP contribution in [-0.4, -0.2) is 37.2 Å². The van der Waals surface area contributed by atoms with Crippen LogP contribution >= 0.6 is 0 Å². The summed E-state index contributed by atoms with van der Waals surface area (Å²) >= 11 is 0. The molecular formula is C9H9F3N2O4S. The number of carboxylic acids is 1. The van der Waals surface area contributed by atoms with E-state index in [9.17, 15) is 26.4 Å². The molecule has 0 fully saturated rings. The molecule has 0 bridgehead atoms. The lowest BCUT2D eigenvalue weighted by Crippen LogP contribution is -2.28. The number of nitrogens with one attached hydrogen (secondary N) is 1. The van der Waals surface area contributed by atoms with E-state index >= 15 is 0 Å². The number of nitrogens with zero attached hydrogens (tertiary/aromatic N) is 1. The molecule has 0 aliphatic carbocycles. The summed E-state index contributed by atoms with van der Waals surface area (Å²) in [4.78, 5) is 13.9. The van der Waals surface area contributed by atoms with Gasteiger partial charge in [0.2, 0.25) is 0 Å². The largest absolute Gasteiger partial charge is 0.478 e. The summed E-state index contributed by atoms with van der Waals surface area (Å²) in [6.45, 7) is -0.811. The first-order valence-electron chi connectivity index (χ1n) is 4.87. The number of hydrogen-bond donors (Lipinski definition) is 2. The van der Waals surface area contributed by atoms with Crippen molar-refractivity contribution >= 4 is 16.0 Å². The summed E-state index contributed by atoms with van der Waals surface area (Å²) in [7, 11) is -4.18. The summed E-state index contributed by atoms with van der Waals surface area (Å²) in [5, 5.41) is 8.04. The minimum absolute atomic E-state index is 0.228. The second-order valence-corrected chi connectivity index (χ2v) is 5.17. The fraction of sp³-hybridized carbons (Fsp3) is 0.333. The highest BCUT2D eigenvalue weighted by Crippen LogP contribution is 2.18. The molecule has 6 nitrogen and oxygen atoms in total. The van der Waals surface area contributed by atoms with E-state index in [1.165, 1.54) is 0 Å². The first-order chi connectivity index (χ1) is 8.62. The molecule has 1 aromatic heterocycles. The van der Waals surface area contributed by atoms with Crippen LogP contribution in [0.15, 0.2) is 23.4 Å². The van der Waals surface area contributed by atoms with Gasteiger partial charge in [-0.2, -0.15) is 13.2 Å². The van der Waals surface area contributed by atoms with Gasteiger partial charge in [0.15, 0.2) is 5.03 Å². The minimum Gasteiger partial charge on any atom is -0.478 e. The van der Waals surface area contributed by atoms with Crippen molar-refractivity contribution in [3.63, 3.8) is 0 Å². The van der Waals surface area contributed by atoms with E-state index in [-0.39, 0.29) is 5.56 Å². The molecule has 0 aliphatic heterocycles. The lowest BCUT2D eigenvalue weighted by molar-refractivity contribution is -0.132. The van der Waals surface area contributed by atoms with Crippen molar-refractivity contribution in [2.45, 2.75) is 17.6 Å². The maximum absolute atomic E-state index is 11.9. The fourth-order valence-corrected chi connectivity index (χ4v) is 2.02. The van der Waals surface area contributed by atoms with E-state index in [0.717, 1.165) is 18.3 Å². The van der Waals surface area contributed by atoms with E-state index in [4.69, 9.17) is 5.11 Å². The van der Waals surface area contributed by atoms with Gasteiger partial charge >= 0.3 is 12.1 Å². The van der Waals surface area contributed by atoms with Crippen LogP contribution in [0.2, 0.25) is 0 Å². The summed E-state index contributed by atoms with van der Waals surface area (Å²) < 4.78 is 60.3. The van der Waals surface area contributed by atoms with Crippen molar-refractivity contribution in [1.82, 2.24) is 9.71 Å². The zero-order chi connectivity index (χ0) is 14.7. The van der Waals surface area contributed by atoms with Crippen LogP contribution in [0.25, 0.3) is 0 Å². The number of carbonyl (C=O) groups is 1. The van der Waals surface area contributed by atoms with Gasteiger partial charge < -0.3 is 5.11 Å². The number of halogens is 3. The van der Waals surface area contributed by atoms with Crippen LogP contribution in [-0.2, 0) is 10.0 Å². The van der Waals surface area contributed by atoms with Gasteiger partial charge in [-0.3, -0.25) is 0 Å². The molecule has 0 unspecified atom stereocenters. The molecule has 0 aliphatic rings. The Morgan fingerprint density at radius 1 is 1.37 bits per heavy atom. The molecule has 1 heterocycles. The Hall–Kier alpha value is -1.68. The maximum atomic E-state index is 11.9. The number of carboxylic acid groups (broad SMARTS) is 1. The van der Waals surface area contributed by atoms with Gasteiger partial charge in [0.05, 0.1) is 12.0 Å². The third-order valence-corrected chi connectivity index (χ3v) is 3.34. The monoisotopic (exact) mass is 298 g/mol. The maximum Gasteiger partial charge on any atom is 0.390 e. The molecule has 0 saturated heterocycles. The quantitative estimate of drug-likeness (QED) is 0.845. The average Bonchev–Trinajstić information content (AvgIpc) is 2.27. The molecule has 1 rings (SSSR count). The van der Waals surface area contributed by atoms with Gasteiger partial charge in [0.1, 0.15) is 0 Å². The highest BCUT2D eigenvalue weighted by Gasteiger charge is 2.27. The van der Waals surface area contributed by atoms with E-state index < -0.39 is 40.2 Å². The van der Waals surface area contributed by atoms with Gasteiger partial charge in [-0.05, 0) is 12.1 Å². The molecule has 0 amide bonds. The van der Waals surface area contributed by atoms with Crippen LogP contribution in [0.5, 0.6) is 0 Å². The van der Waals surface area contributed by atoms with Crippen molar-refractivity contribution < 1.29 is 31.5 Å². The second-order valence-electron chi connectivity index (χ2n) is 3.45. The van der Waals surface area contributed by atoms with Crippen molar-refractivity contribution in [3.05, 3.63) is 23.9 Å². The van der Waals surface area contributed by atoms with Gasteiger partial charge in [0.25, 0.3) is 10.0 Å². The second kappa shape index (κ2) is 5.53. The fourth-order valence-electron chi connectivity index (χ4n) is 1.07. The van der Waals surface area contributed by atoms with E-state index in [1.54, 1.807) is 4.72 Å². The van der Waals surface area contributed by atoms with Crippen LogP contribution in [0.4, 0.5) is 13.2 Å². The third-order valence-electron chi connectivity index (χ3n) is 1.96. The third kappa shape index (κ3) is 4.83. The Kier molecular flexibility index (Phi) is 4.48. The number of rotatable bonds is 5. The minimum atomic E-state index is -4.47. The van der Waals surface area contributed by atoms with Crippen molar-refractivity contribution in [2.75, 3.05) is 6.54 Å². The highest BCUT2D eigenvalue weighted by molar-refractivity contribution is 7.89. The predicted octanol–water partition coefficient (Wildman–Crippen LogP) is 1.01. The topological polar surface area (TPSA) is 96.4 Å². The lowest BCUT2D eigenvalue weighted by atomic mass is 10.3. The molecule has 0 saturated carbocycles. The number of alkyl halides is 3. The number of aromatic nitrogens is 1. The first kappa shape index (κ1) is 15.4. The standard InChI is InChI=1S/C9H9F3N2O4S/c10-9(11,12)3-4-14-19(17,18)7-2-1-6(5-13-7)8(15)16/h1-2,5,14H,3-4H2,(H,15,16). The number of aromatic carboxylic acids is 1. The molecule has 0 atom stereocenters. The molecule has 0 spiro atoms. The van der Waals surface area contributed by atoms with Crippen LogP contribution in [0, 0.1) is 0 Å². The molecular weight excluding hydrogens is 289 g/mol. The number of hydrogen-bond acceptors (Lipinski definition) is 4. The number of pyridine rings is 1. The lowest BCUT2D eigenvalue weighted by Gasteiger charge is -2.08. The van der Waals surface area contributed by atoms with Gasteiger partial charge in [-0.25, -0.2) is 22.9 Å². The average molecular weight is 298 g/mol. The number of sulfonamides is 1. The van der Waals surface area contributed by atoms with Crippen LogP contribution in [0.1, 0.15) is 16.8 Å². The molecule has 1 aromatic rings. The zero-order valence-corrected chi connectivity index (χ0v) is 10.1. The molecule has 0 radical (unpaired) electrons. The predicted molar refractivity (Wildman–Crippen MR) is 57.1 cm³/mol. The smallest absolute Gasteiger partial charge is 0.390 e. The summed E-state index contributed by atoms with van der Waals surface area (Å²) in [5.41, 5.74) is -0.228. The summed E-state index contributed by atoms with van der Waals surface area (Å²) in [6.07, 6.45) is -4.97. The zero-order valence-electron chi connectivity index (χ0n) is 9.31. The molecule has 19 heavy (non-hydrogen) atoms. The van der Waals surface area contributed by atoms with E-state index in [2.05, 4.69) is 4.98 Å².